The minimum atomic E-state index is -4.14. The number of sulfonamides is 1. The van der Waals surface area contributed by atoms with Crippen LogP contribution in [0.2, 0.25) is 5.02 Å². The Morgan fingerprint density at radius 3 is 2.41 bits per heavy atom. The summed E-state index contributed by atoms with van der Waals surface area (Å²) in [4.78, 5) is 14.2. The van der Waals surface area contributed by atoms with Crippen molar-refractivity contribution in [3.63, 3.8) is 0 Å². The molecule has 0 amide bonds. The van der Waals surface area contributed by atoms with E-state index >= 15 is 0 Å². The standard InChI is InChI=1S/C32H36ClN5O5S/c1-2-42-30(39)22-44(40,41)38(17-7-9-23-8-6-12-25(20-23)31(34)35)26-13-14-29(28(33)21-26)43-27-15-18-37(19-16-27)32(36)24-10-4-3-5-11-24/h3-14,20-21,27,36H,2,15-19,22H2,1H3,(H3,34,35). The van der Waals surface area contributed by atoms with Gasteiger partial charge in [-0.15, -0.1) is 0 Å². The average Bonchev–Trinajstić information content (AvgIpc) is 3.00. The molecule has 1 fully saturated rings. The molecule has 10 nitrogen and oxygen atoms in total. The highest BCUT2D eigenvalue weighted by atomic mass is 35.5. The SMILES string of the molecule is CCOC(=O)CS(=O)(=O)N(CC=Cc1cccc(C(=N)N)c1)c1ccc(OC2CCN(C(=N)c3ccccc3)CC2)c(Cl)c1. The summed E-state index contributed by atoms with van der Waals surface area (Å²) >= 11 is 6.60. The van der Waals surface area contributed by atoms with Gasteiger partial charge in [-0.05, 0) is 36.8 Å². The minimum absolute atomic E-state index is 0.0604. The van der Waals surface area contributed by atoms with E-state index in [0.717, 1.165) is 15.4 Å². The number of hydrogen-bond acceptors (Lipinski definition) is 7. The summed E-state index contributed by atoms with van der Waals surface area (Å²) in [6.07, 6.45) is 4.63. The van der Waals surface area contributed by atoms with Crippen LogP contribution in [0, 0.1) is 10.8 Å². The van der Waals surface area contributed by atoms with Gasteiger partial charge in [-0.1, -0.05) is 72.3 Å². The fourth-order valence-electron chi connectivity index (χ4n) is 4.80. The van der Waals surface area contributed by atoms with Crippen molar-refractivity contribution in [2.24, 2.45) is 5.73 Å². The van der Waals surface area contributed by atoms with Gasteiger partial charge < -0.3 is 20.1 Å². The number of hydrogen-bond donors (Lipinski definition) is 3. The Bertz CT molecular complexity index is 1620. The lowest BCUT2D eigenvalue weighted by Gasteiger charge is -2.34. The average molecular weight is 638 g/mol. The number of amidine groups is 2. The van der Waals surface area contributed by atoms with Gasteiger partial charge >= 0.3 is 5.97 Å². The third-order valence-corrected chi connectivity index (χ3v) is 8.95. The largest absolute Gasteiger partial charge is 0.489 e. The Balaban J connectivity index is 1.47. The zero-order valence-corrected chi connectivity index (χ0v) is 26.0. The fraction of sp³-hybridized carbons (Fsp3) is 0.281. The normalized spacial score (nSPS) is 13.9. The number of carbonyl (C=O) groups is 1. The number of likely N-dealkylation sites (tertiary alicyclic amines) is 1. The zero-order chi connectivity index (χ0) is 31.7. The molecular formula is C32H36ClN5O5S. The number of nitrogens with two attached hydrogens (primary N) is 1. The molecule has 0 spiro atoms. The van der Waals surface area contributed by atoms with Crippen molar-refractivity contribution in [3.8, 4) is 5.75 Å². The molecule has 3 aromatic rings. The summed E-state index contributed by atoms with van der Waals surface area (Å²) in [5.41, 5.74) is 7.99. The Morgan fingerprint density at radius 2 is 1.75 bits per heavy atom. The van der Waals surface area contributed by atoms with Crippen molar-refractivity contribution < 1.29 is 22.7 Å². The maximum atomic E-state index is 13.4. The molecule has 0 aromatic heterocycles. The summed E-state index contributed by atoms with van der Waals surface area (Å²) in [6.45, 7) is 2.90. The first kappa shape index (κ1) is 32.6. The van der Waals surface area contributed by atoms with E-state index in [0.29, 0.717) is 43.1 Å². The Hall–Kier alpha value is -4.35. The summed E-state index contributed by atoms with van der Waals surface area (Å²) in [6, 6.07) is 21.3. The topological polar surface area (TPSA) is 150 Å². The van der Waals surface area contributed by atoms with E-state index in [4.69, 9.17) is 37.6 Å². The van der Waals surface area contributed by atoms with Crippen LogP contribution in [-0.4, -0.2) is 69.1 Å². The number of rotatable bonds is 12. The van der Waals surface area contributed by atoms with Crippen LogP contribution < -0.4 is 14.8 Å². The van der Waals surface area contributed by atoms with Crippen molar-refractivity contribution in [2.45, 2.75) is 25.9 Å². The molecule has 4 N–H and O–H groups in total. The molecule has 0 unspecified atom stereocenters. The summed E-state index contributed by atoms with van der Waals surface area (Å²) < 4.78 is 38.9. The van der Waals surface area contributed by atoms with E-state index in [1.807, 2.05) is 35.2 Å². The lowest BCUT2D eigenvalue weighted by molar-refractivity contribution is -0.139. The molecule has 4 rings (SSSR count). The third kappa shape index (κ3) is 8.61. The number of benzene rings is 3. The number of ether oxygens (including phenoxy) is 2. The third-order valence-electron chi connectivity index (χ3n) is 7.02. The summed E-state index contributed by atoms with van der Waals surface area (Å²) in [5, 5.41) is 16.4. The lowest BCUT2D eigenvalue weighted by Crippen LogP contribution is -2.41. The monoisotopic (exact) mass is 637 g/mol. The fourth-order valence-corrected chi connectivity index (χ4v) is 6.30. The number of nitrogens with one attached hydrogen (secondary N) is 2. The highest BCUT2D eigenvalue weighted by molar-refractivity contribution is 7.93. The van der Waals surface area contributed by atoms with Gasteiger partial charge in [-0.25, -0.2) is 8.42 Å². The molecular weight excluding hydrogens is 602 g/mol. The number of piperidine rings is 1. The van der Waals surface area contributed by atoms with Crippen LogP contribution >= 0.6 is 11.6 Å². The molecule has 1 aliphatic rings. The zero-order valence-electron chi connectivity index (χ0n) is 24.4. The van der Waals surface area contributed by atoms with Gasteiger partial charge in [0.05, 0.1) is 23.9 Å². The Labute approximate surface area is 263 Å². The summed E-state index contributed by atoms with van der Waals surface area (Å²) in [7, 11) is -4.14. The lowest BCUT2D eigenvalue weighted by atomic mass is 10.1. The second-order valence-electron chi connectivity index (χ2n) is 10.2. The molecule has 0 radical (unpaired) electrons. The number of anilines is 1. The number of nitrogen functional groups attached to an aromatic ring is 1. The van der Waals surface area contributed by atoms with Crippen molar-refractivity contribution in [1.29, 1.82) is 10.8 Å². The van der Waals surface area contributed by atoms with E-state index in [-0.39, 0.29) is 35.8 Å². The van der Waals surface area contributed by atoms with Crippen molar-refractivity contribution >= 4 is 51.0 Å². The molecule has 232 valence electrons. The minimum Gasteiger partial charge on any atom is -0.489 e. The maximum absolute atomic E-state index is 13.4. The summed E-state index contributed by atoms with van der Waals surface area (Å²) in [5.74, 6) is -0.857. The first-order valence-corrected chi connectivity index (χ1v) is 16.2. The smallest absolute Gasteiger partial charge is 0.323 e. The molecule has 0 aliphatic carbocycles. The highest BCUT2D eigenvalue weighted by Gasteiger charge is 2.28. The Morgan fingerprint density at radius 1 is 1.05 bits per heavy atom. The van der Waals surface area contributed by atoms with Crippen LogP contribution in [0.25, 0.3) is 6.08 Å². The highest BCUT2D eigenvalue weighted by Crippen LogP contribution is 2.33. The van der Waals surface area contributed by atoms with Crippen LogP contribution in [0.3, 0.4) is 0 Å². The van der Waals surface area contributed by atoms with E-state index in [2.05, 4.69) is 0 Å². The van der Waals surface area contributed by atoms with Crippen LogP contribution in [0.15, 0.2) is 78.9 Å². The van der Waals surface area contributed by atoms with Gasteiger partial charge in [0, 0.05) is 37.1 Å². The predicted octanol–water partition coefficient (Wildman–Crippen LogP) is 4.91. The predicted molar refractivity (Wildman–Crippen MR) is 174 cm³/mol. The second-order valence-corrected chi connectivity index (χ2v) is 12.5. The quantitative estimate of drug-likeness (QED) is 0.145. The van der Waals surface area contributed by atoms with Crippen LogP contribution in [-0.2, 0) is 19.6 Å². The molecule has 1 saturated heterocycles. The molecule has 3 aromatic carbocycles. The molecule has 0 atom stereocenters. The van der Waals surface area contributed by atoms with Gasteiger partial charge in [0.2, 0.25) is 10.0 Å². The molecule has 44 heavy (non-hydrogen) atoms. The first-order valence-electron chi connectivity index (χ1n) is 14.2. The van der Waals surface area contributed by atoms with Crippen LogP contribution in [0.5, 0.6) is 5.75 Å². The first-order chi connectivity index (χ1) is 21.1. The van der Waals surface area contributed by atoms with E-state index in [1.165, 1.54) is 6.07 Å². The van der Waals surface area contributed by atoms with Crippen LogP contribution in [0.4, 0.5) is 5.69 Å². The van der Waals surface area contributed by atoms with Crippen molar-refractivity contribution in [1.82, 2.24) is 4.90 Å². The number of carbonyl (C=O) groups excluding carboxylic acids is 1. The Kier molecular flexibility index (Phi) is 11.0. The van der Waals surface area contributed by atoms with Crippen molar-refractivity contribution in [2.75, 3.05) is 36.3 Å². The van der Waals surface area contributed by atoms with Crippen molar-refractivity contribution in [3.05, 3.63) is 101 Å². The van der Waals surface area contributed by atoms with Crippen LogP contribution in [0.1, 0.15) is 36.5 Å². The maximum Gasteiger partial charge on any atom is 0.323 e. The number of halogens is 1. The second kappa shape index (κ2) is 14.9. The van der Waals surface area contributed by atoms with Gasteiger partial charge in [0.1, 0.15) is 23.5 Å². The molecule has 1 aliphatic heterocycles. The molecule has 0 bridgehead atoms. The van der Waals surface area contributed by atoms with E-state index in [9.17, 15) is 13.2 Å². The molecule has 1 heterocycles. The van der Waals surface area contributed by atoms with Gasteiger partial charge in [-0.3, -0.25) is 19.9 Å². The number of esters is 1. The van der Waals surface area contributed by atoms with Gasteiger partial charge in [0.15, 0.2) is 5.75 Å². The molecule has 12 heteroatoms. The molecule has 0 saturated carbocycles. The van der Waals surface area contributed by atoms with E-state index < -0.39 is 21.7 Å². The van der Waals surface area contributed by atoms with Gasteiger partial charge in [0.25, 0.3) is 0 Å². The van der Waals surface area contributed by atoms with E-state index in [1.54, 1.807) is 55.5 Å². The number of nitrogens with zero attached hydrogens (tertiary/aromatic N) is 2. The van der Waals surface area contributed by atoms with Gasteiger partial charge in [-0.2, -0.15) is 0 Å².